The van der Waals surface area contributed by atoms with Crippen molar-refractivity contribution in [1.29, 1.82) is 0 Å². The minimum atomic E-state index is -3.75. The molecule has 2 aromatic carbocycles. The first-order chi connectivity index (χ1) is 13.0. The second kappa shape index (κ2) is 7.12. The summed E-state index contributed by atoms with van der Waals surface area (Å²) in [6, 6.07) is 14.6. The summed E-state index contributed by atoms with van der Waals surface area (Å²) < 4.78 is 32.8. The van der Waals surface area contributed by atoms with Crippen LogP contribution in [0.1, 0.15) is 5.56 Å². The molecule has 4 rings (SSSR count). The van der Waals surface area contributed by atoms with Crippen LogP contribution in [0.15, 0.2) is 65.0 Å². The summed E-state index contributed by atoms with van der Waals surface area (Å²) in [5.74, 6) is 0. The van der Waals surface area contributed by atoms with E-state index in [9.17, 15) is 8.42 Å². The Labute approximate surface area is 166 Å². The van der Waals surface area contributed by atoms with Crippen LogP contribution in [-0.4, -0.2) is 26.6 Å². The Morgan fingerprint density at radius 3 is 2.52 bits per heavy atom. The van der Waals surface area contributed by atoms with Crippen LogP contribution < -0.4 is 10.0 Å². The Balaban J connectivity index is 1.59. The maximum absolute atomic E-state index is 12.5. The Bertz CT molecular complexity index is 1040. The average Bonchev–Trinajstić information content (AvgIpc) is 3.12. The van der Waals surface area contributed by atoms with Crippen molar-refractivity contribution in [3.63, 3.8) is 0 Å². The molecule has 0 bridgehead atoms. The zero-order chi connectivity index (χ0) is 18.9. The molecule has 1 aliphatic heterocycles. The molecule has 1 aromatic heterocycles. The van der Waals surface area contributed by atoms with Crippen LogP contribution in [0, 0.1) is 0 Å². The van der Waals surface area contributed by atoms with Gasteiger partial charge in [-0.3, -0.25) is 4.72 Å². The van der Waals surface area contributed by atoms with Crippen molar-refractivity contribution in [2.45, 2.75) is 10.4 Å². The first-order valence-corrected chi connectivity index (χ1v) is 10.9. The van der Waals surface area contributed by atoms with Crippen LogP contribution in [0.5, 0.6) is 0 Å². The highest BCUT2D eigenvalue weighted by molar-refractivity contribution is 7.93. The smallest absolute Gasteiger partial charge is 0.263 e. The molecule has 0 atom stereocenters. The molecule has 9 heteroatoms. The second-order valence-electron chi connectivity index (χ2n) is 6.15. The summed E-state index contributed by atoms with van der Waals surface area (Å²) in [5, 5.41) is 5.74. The number of nitrogens with one attached hydrogen (secondary N) is 2. The molecule has 0 saturated carbocycles. The fourth-order valence-corrected chi connectivity index (χ4v) is 4.95. The highest BCUT2D eigenvalue weighted by atomic mass is 35.5. The third-order valence-corrected chi connectivity index (χ3v) is 6.77. The molecule has 1 saturated heterocycles. The number of anilines is 2. The van der Waals surface area contributed by atoms with Gasteiger partial charge in [-0.25, -0.2) is 13.4 Å². The van der Waals surface area contributed by atoms with Crippen LogP contribution in [0.2, 0.25) is 5.02 Å². The van der Waals surface area contributed by atoms with E-state index in [-0.39, 0.29) is 10.4 Å². The first kappa shape index (κ1) is 18.2. The number of thiazole rings is 1. The third kappa shape index (κ3) is 3.66. The first-order valence-electron chi connectivity index (χ1n) is 8.12. The second-order valence-corrected chi connectivity index (χ2v) is 9.13. The number of ether oxygens (including phenoxy) is 1. The van der Waals surface area contributed by atoms with E-state index in [1.165, 1.54) is 29.7 Å². The summed E-state index contributed by atoms with van der Waals surface area (Å²) in [4.78, 5) is 4.01. The Morgan fingerprint density at radius 2 is 1.93 bits per heavy atom. The minimum absolute atomic E-state index is 0.0758. The van der Waals surface area contributed by atoms with Gasteiger partial charge < -0.3 is 10.1 Å². The van der Waals surface area contributed by atoms with E-state index < -0.39 is 10.0 Å². The van der Waals surface area contributed by atoms with Gasteiger partial charge in [-0.15, -0.1) is 11.3 Å². The molecule has 0 radical (unpaired) electrons. The normalized spacial score (nSPS) is 15.7. The van der Waals surface area contributed by atoms with Gasteiger partial charge in [0.2, 0.25) is 0 Å². The lowest BCUT2D eigenvalue weighted by molar-refractivity contribution is -0.0446. The van der Waals surface area contributed by atoms with Gasteiger partial charge in [-0.1, -0.05) is 41.9 Å². The van der Waals surface area contributed by atoms with Gasteiger partial charge in [0.1, 0.15) is 5.54 Å². The number of hydrogen-bond donors (Lipinski definition) is 2. The van der Waals surface area contributed by atoms with Crippen LogP contribution in [0.25, 0.3) is 0 Å². The lowest BCUT2D eigenvalue weighted by atomic mass is 9.87. The number of rotatable bonds is 6. The summed E-state index contributed by atoms with van der Waals surface area (Å²) in [6.45, 7) is 1.03. The molecule has 2 N–H and O–H groups in total. The maximum atomic E-state index is 12.5. The predicted octanol–water partition coefficient (Wildman–Crippen LogP) is 3.93. The van der Waals surface area contributed by atoms with Crippen molar-refractivity contribution in [1.82, 2.24) is 4.98 Å². The molecular weight excluding hydrogens is 406 g/mol. The number of sulfonamides is 1. The van der Waals surface area contributed by atoms with Gasteiger partial charge in [0, 0.05) is 11.6 Å². The Morgan fingerprint density at radius 1 is 1.15 bits per heavy atom. The van der Waals surface area contributed by atoms with Gasteiger partial charge >= 0.3 is 0 Å². The van der Waals surface area contributed by atoms with Gasteiger partial charge in [0.25, 0.3) is 10.0 Å². The molecule has 140 valence electrons. The van der Waals surface area contributed by atoms with E-state index in [0.717, 1.165) is 5.56 Å². The van der Waals surface area contributed by atoms with E-state index in [0.29, 0.717) is 29.1 Å². The number of aromatic nitrogens is 1. The monoisotopic (exact) mass is 421 g/mol. The molecule has 3 aromatic rings. The topological polar surface area (TPSA) is 80.3 Å². The molecule has 0 amide bonds. The van der Waals surface area contributed by atoms with E-state index >= 15 is 0 Å². The van der Waals surface area contributed by atoms with E-state index in [1.54, 1.807) is 11.4 Å². The average molecular weight is 422 g/mol. The molecular formula is C18H16ClN3O3S2. The Hall–Kier alpha value is -2.13. The highest BCUT2D eigenvalue weighted by Crippen LogP contribution is 2.36. The van der Waals surface area contributed by atoms with Crippen LogP contribution in [0.4, 0.5) is 10.8 Å². The molecule has 0 spiro atoms. The molecule has 2 heterocycles. The standard InChI is InChI=1S/C18H16ClN3O3S2/c19-15-10-14(27(23,24)22-17-20-8-9-26-17)6-7-16(15)21-18(11-25-12-18)13-4-2-1-3-5-13/h1-10,21H,11-12H2,(H,20,22). The van der Waals surface area contributed by atoms with E-state index in [1.807, 2.05) is 30.3 Å². The van der Waals surface area contributed by atoms with Gasteiger partial charge in [0.05, 0.1) is 28.8 Å². The van der Waals surface area contributed by atoms with Crippen LogP contribution >= 0.6 is 22.9 Å². The Kier molecular flexibility index (Phi) is 4.81. The van der Waals surface area contributed by atoms with Gasteiger partial charge in [-0.2, -0.15) is 0 Å². The summed E-state index contributed by atoms with van der Waals surface area (Å²) in [5.41, 5.74) is 1.37. The molecule has 0 unspecified atom stereocenters. The van der Waals surface area contributed by atoms with E-state index in [2.05, 4.69) is 15.0 Å². The van der Waals surface area contributed by atoms with Crippen molar-refractivity contribution in [2.24, 2.45) is 0 Å². The molecule has 0 aliphatic carbocycles. The minimum Gasteiger partial charge on any atom is -0.376 e. The zero-order valence-electron chi connectivity index (χ0n) is 14.1. The molecule has 1 aliphatic rings. The molecule has 1 fully saturated rings. The number of nitrogens with zero attached hydrogens (tertiary/aromatic N) is 1. The summed E-state index contributed by atoms with van der Waals surface area (Å²) in [7, 11) is -3.75. The van der Waals surface area contributed by atoms with Gasteiger partial charge in [0.15, 0.2) is 5.13 Å². The van der Waals surface area contributed by atoms with Gasteiger partial charge in [-0.05, 0) is 23.8 Å². The summed E-state index contributed by atoms with van der Waals surface area (Å²) >= 11 is 7.59. The lowest BCUT2D eigenvalue weighted by Crippen LogP contribution is -2.52. The number of hydrogen-bond acceptors (Lipinski definition) is 6. The lowest BCUT2D eigenvalue weighted by Gasteiger charge is -2.43. The maximum Gasteiger partial charge on any atom is 0.263 e. The fraction of sp³-hybridized carbons (Fsp3) is 0.167. The summed E-state index contributed by atoms with van der Waals surface area (Å²) in [6.07, 6.45) is 1.53. The zero-order valence-corrected chi connectivity index (χ0v) is 16.4. The predicted molar refractivity (Wildman–Crippen MR) is 107 cm³/mol. The van der Waals surface area contributed by atoms with Crippen molar-refractivity contribution in [2.75, 3.05) is 23.3 Å². The van der Waals surface area contributed by atoms with Crippen molar-refractivity contribution in [3.8, 4) is 0 Å². The third-order valence-electron chi connectivity index (χ3n) is 4.30. The van der Waals surface area contributed by atoms with Crippen LogP contribution in [0.3, 0.4) is 0 Å². The van der Waals surface area contributed by atoms with Crippen molar-refractivity contribution >= 4 is 43.8 Å². The van der Waals surface area contributed by atoms with Crippen molar-refractivity contribution < 1.29 is 13.2 Å². The number of benzene rings is 2. The van der Waals surface area contributed by atoms with Crippen molar-refractivity contribution in [3.05, 3.63) is 70.7 Å². The highest BCUT2D eigenvalue weighted by Gasteiger charge is 2.40. The number of halogens is 1. The SMILES string of the molecule is O=S(=O)(Nc1nccs1)c1ccc(NC2(c3ccccc3)COC2)c(Cl)c1. The molecule has 27 heavy (non-hydrogen) atoms. The largest absolute Gasteiger partial charge is 0.376 e. The van der Waals surface area contributed by atoms with E-state index in [4.69, 9.17) is 16.3 Å². The van der Waals surface area contributed by atoms with Crippen LogP contribution in [-0.2, 0) is 20.3 Å². The quantitative estimate of drug-likeness (QED) is 0.630. The molecule has 6 nitrogen and oxygen atoms in total. The fourth-order valence-electron chi connectivity index (χ4n) is 2.84.